The zero-order valence-electron chi connectivity index (χ0n) is 14.9. The number of benzene rings is 1. The Labute approximate surface area is 160 Å². The van der Waals surface area contributed by atoms with E-state index in [-0.39, 0.29) is 5.78 Å². The van der Waals surface area contributed by atoms with Crippen molar-refractivity contribution in [3.63, 3.8) is 0 Å². The number of carbonyl (C=O) groups is 1. The lowest BCUT2D eigenvalue weighted by Gasteiger charge is -2.03. The Balaban J connectivity index is 1.77. The first-order valence-corrected chi connectivity index (χ1v) is 9.23. The summed E-state index contributed by atoms with van der Waals surface area (Å²) >= 11 is 1.62. The van der Waals surface area contributed by atoms with Crippen LogP contribution in [0.4, 0.5) is 0 Å². The Kier molecular flexibility index (Phi) is 4.56. The van der Waals surface area contributed by atoms with Crippen molar-refractivity contribution in [1.29, 1.82) is 0 Å². The van der Waals surface area contributed by atoms with Crippen LogP contribution in [0.2, 0.25) is 0 Å². The zero-order valence-corrected chi connectivity index (χ0v) is 15.7. The van der Waals surface area contributed by atoms with Crippen LogP contribution in [-0.4, -0.2) is 27.3 Å². The third-order valence-corrected chi connectivity index (χ3v) is 5.10. The zero-order chi connectivity index (χ0) is 18.8. The number of thiazole rings is 1. The molecular formula is C21H17N3O2S. The summed E-state index contributed by atoms with van der Waals surface area (Å²) in [5.74, 6) is 0.723. The van der Waals surface area contributed by atoms with Crippen LogP contribution in [0.5, 0.6) is 5.75 Å². The van der Waals surface area contributed by atoms with Gasteiger partial charge in [-0.3, -0.25) is 14.2 Å². The molecule has 0 radical (unpaired) electrons. The first-order valence-electron chi connectivity index (χ1n) is 8.41. The molecule has 5 nitrogen and oxygen atoms in total. The minimum atomic E-state index is -0.0695. The van der Waals surface area contributed by atoms with Crippen LogP contribution in [0.25, 0.3) is 22.3 Å². The van der Waals surface area contributed by atoms with E-state index in [1.165, 1.54) is 0 Å². The minimum Gasteiger partial charge on any atom is -0.497 e. The molecule has 0 aliphatic heterocycles. The Morgan fingerprint density at radius 1 is 1.15 bits per heavy atom. The van der Waals surface area contributed by atoms with E-state index in [1.807, 2.05) is 47.9 Å². The average molecular weight is 375 g/mol. The molecule has 0 aliphatic carbocycles. The Morgan fingerprint density at radius 2 is 1.89 bits per heavy atom. The van der Waals surface area contributed by atoms with Gasteiger partial charge < -0.3 is 4.74 Å². The fourth-order valence-electron chi connectivity index (χ4n) is 2.86. The van der Waals surface area contributed by atoms with Crippen molar-refractivity contribution in [3.8, 4) is 17.0 Å². The largest absolute Gasteiger partial charge is 0.497 e. The number of aromatic nitrogens is 3. The number of ether oxygens (including phenoxy) is 1. The maximum absolute atomic E-state index is 12.5. The lowest BCUT2D eigenvalue weighted by Crippen LogP contribution is -1.94. The fraction of sp³-hybridized carbons (Fsp3) is 0.0952. The molecule has 0 saturated heterocycles. The summed E-state index contributed by atoms with van der Waals surface area (Å²) < 4.78 is 7.26. The number of hydrogen-bond acceptors (Lipinski definition) is 5. The summed E-state index contributed by atoms with van der Waals surface area (Å²) in [5, 5.41) is 0. The molecule has 27 heavy (non-hydrogen) atoms. The van der Waals surface area contributed by atoms with Gasteiger partial charge in [0.1, 0.15) is 5.75 Å². The number of ketones is 1. The summed E-state index contributed by atoms with van der Waals surface area (Å²) in [5.41, 5.74) is 3.29. The summed E-state index contributed by atoms with van der Waals surface area (Å²) in [4.78, 5) is 23.2. The fourth-order valence-corrected chi connectivity index (χ4v) is 3.69. The second kappa shape index (κ2) is 7.17. The van der Waals surface area contributed by atoms with Gasteiger partial charge >= 0.3 is 0 Å². The van der Waals surface area contributed by atoms with Gasteiger partial charge in [-0.25, -0.2) is 4.98 Å². The number of carbonyl (C=O) groups excluding carboxylic acids is 1. The van der Waals surface area contributed by atoms with E-state index >= 15 is 0 Å². The van der Waals surface area contributed by atoms with E-state index < -0.39 is 0 Å². The first kappa shape index (κ1) is 17.2. The quantitative estimate of drug-likeness (QED) is 0.376. The number of fused-ring (bicyclic) bond motifs is 1. The summed E-state index contributed by atoms with van der Waals surface area (Å²) in [6.07, 6.45) is 8.68. The molecule has 0 saturated carbocycles. The lowest BCUT2D eigenvalue weighted by atomic mass is 10.1. The van der Waals surface area contributed by atoms with E-state index in [9.17, 15) is 4.79 Å². The molecule has 0 bridgehead atoms. The predicted molar refractivity (Wildman–Crippen MR) is 107 cm³/mol. The molecular weight excluding hydrogens is 358 g/mol. The molecule has 6 heteroatoms. The maximum atomic E-state index is 12.5. The standard InChI is InChI=1S/C21H17N3O2S/c1-14-13-24-18(7-8-19(25)15-9-11-22-12-10-15)20(23-21(24)27-14)16-3-5-17(26-2)6-4-16/h3-13H,1-2H3. The molecule has 0 unspecified atom stereocenters. The molecule has 4 rings (SSSR count). The molecule has 4 aromatic rings. The summed E-state index contributed by atoms with van der Waals surface area (Å²) in [6, 6.07) is 11.2. The molecule has 0 amide bonds. The van der Waals surface area contributed by atoms with Gasteiger partial charge in [-0.2, -0.15) is 0 Å². The average Bonchev–Trinajstić information content (AvgIpc) is 3.23. The second-order valence-electron chi connectivity index (χ2n) is 6.00. The van der Waals surface area contributed by atoms with Gasteiger partial charge in [0.2, 0.25) is 0 Å². The molecule has 0 atom stereocenters. The van der Waals surface area contributed by atoms with Crippen LogP contribution in [0.1, 0.15) is 20.9 Å². The summed E-state index contributed by atoms with van der Waals surface area (Å²) in [7, 11) is 1.64. The van der Waals surface area contributed by atoms with Crippen LogP contribution < -0.4 is 4.74 Å². The van der Waals surface area contributed by atoms with Gasteiger partial charge in [-0.15, -0.1) is 11.3 Å². The minimum absolute atomic E-state index is 0.0695. The summed E-state index contributed by atoms with van der Waals surface area (Å²) in [6.45, 7) is 2.04. The van der Waals surface area contributed by atoms with Crippen LogP contribution >= 0.6 is 11.3 Å². The van der Waals surface area contributed by atoms with Gasteiger partial charge in [-0.05, 0) is 55.5 Å². The highest BCUT2D eigenvalue weighted by Gasteiger charge is 2.14. The molecule has 3 aromatic heterocycles. The third-order valence-electron chi connectivity index (χ3n) is 4.20. The van der Waals surface area contributed by atoms with Crippen molar-refractivity contribution >= 4 is 28.2 Å². The van der Waals surface area contributed by atoms with Gasteiger partial charge in [0, 0.05) is 34.6 Å². The Morgan fingerprint density at radius 3 is 2.59 bits per heavy atom. The highest BCUT2D eigenvalue weighted by Crippen LogP contribution is 2.30. The Bertz CT molecular complexity index is 1130. The molecule has 1 aromatic carbocycles. The highest BCUT2D eigenvalue weighted by atomic mass is 32.1. The van der Waals surface area contributed by atoms with Gasteiger partial charge in [0.05, 0.1) is 18.5 Å². The van der Waals surface area contributed by atoms with Crippen LogP contribution in [0, 0.1) is 6.92 Å². The molecule has 3 heterocycles. The van der Waals surface area contributed by atoms with Crippen LogP contribution in [0.15, 0.2) is 61.1 Å². The number of nitrogens with zero attached hydrogens (tertiary/aromatic N) is 3. The SMILES string of the molecule is COc1ccc(-c2nc3sc(C)cn3c2C=CC(=O)c2ccncc2)cc1. The molecule has 0 N–H and O–H groups in total. The van der Waals surface area contributed by atoms with E-state index in [1.54, 1.807) is 49.0 Å². The third kappa shape index (κ3) is 3.39. The highest BCUT2D eigenvalue weighted by molar-refractivity contribution is 7.17. The number of allylic oxidation sites excluding steroid dienone is 1. The Hall–Kier alpha value is -3.25. The second-order valence-corrected chi connectivity index (χ2v) is 7.22. The number of imidazole rings is 1. The van der Waals surface area contributed by atoms with Gasteiger partial charge in [0.15, 0.2) is 10.7 Å². The monoisotopic (exact) mass is 375 g/mol. The van der Waals surface area contributed by atoms with E-state index in [0.717, 1.165) is 32.5 Å². The van der Waals surface area contributed by atoms with Crippen molar-refractivity contribution in [2.75, 3.05) is 7.11 Å². The van der Waals surface area contributed by atoms with Crippen molar-refractivity contribution < 1.29 is 9.53 Å². The van der Waals surface area contributed by atoms with Crippen molar-refractivity contribution in [1.82, 2.24) is 14.4 Å². The smallest absolute Gasteiger partial charge is 0.194 e. The van der Waals surface area contributed by atoms with Crippen LogP contribution in [-0.2, 0) is 0 Å². The molecule has 0 aliphatic rings. The van der Waals surface area contributed by atoms with Crippen LogP contribution in [0.3, 0.4) is 0 Å². The lowest BCUT2D eigenvalue weighted by molar-refractivity contribution is 0.104. The number of hydrogen-bond donors (Lipinski definition) is 0. The van der Waals surface area contributed by atoms with Crippen molar-refractivity contribution in [2.45, 2.75) is 6.92 Å². The topological polar surface area (TPSA) is 56.5 Å². The maximum Gasteiger partial charge on any atom is 0.194 e. The van der Waals surface area contributed by atoms with Crippen molar-refractivity contribution in [3.05, 3.63) is 77.2 Å². The normalized spacial score (nSPS) is 11.3. The van der Waals surface area contributed by atoms with E-state index in [0.29, 0.717) is 5.56 Å². The number of rotatable bonds is 5. The molecule has 0 fully saturated rings. The number of methoxy groups -OCH3 is 1. The van der Waals surface area contributed by atoms with Gasteiger partial charge in [-0.1, -0.05) is 0 Å². The van der Waals surface area contributed by atoms with Crippen molar-refractivity contribution in [2.24, 2.45) is 0 Å². The molecule has 0 spiro atoms. The number of aryl methyl sites for hydroxylation is 1. The number of pyridine rings is 1. The van der Waals surface area contributed by atoms with E-state index in [2.05, 4.69) is 4.98 Å². The van der Waals surface area contributed by atoms with Gasteiger partial charge in [0.25, 0.3) is 0 Å². The molecule has 134 valence electrons. The predicted octanol–water partition coefficient (Wildman–Crippen LogP) is 4.67. The first-order chi connectivity index (χ1) is 13.2. The van der Waals surface area contributed by atoms with E-state index in [4.69, 9.17) is 9.72 Å².